The molecule has 5 rings (SSSR count). The average Bonchev–Trinajstić information content (AvgIpc) is 3.70. The molecule has 44 heavy (non-hydrogen) atoms. The van der Waals surface area contributed by atoms with Gasteiger partial charge in [0.1, 0.15) is 18.0 Å². The Morgan fingerprint density at radius 3 is 2.68 bits per heavy atom. The molecule has 2 saturated heterocycles. The lowest BCUT2D eigenvalue weighted by atomic mass is 9.67. The third kappa shape index (κ3) is 5.78. The Bertz CT molecular complexity index is 1480. The predicted molar refractivity (Wildman–Crippen MR) is 161 cm³/mol. The van der Waals surface area contributed by atoms with Crippen LogP contribution in [0.25, 0.3) is 0 Å². The van der Waals surface area contributed by atoms with E-state index in [4.69, 9.17) is 14.6 Å². The minimum Gasteiger partial charge on any atom is -0.481 e. The van der Waals surface area contributed by atoms with Crippen molar-refractivity contribution < 1.29 is 33.1 Å². The van der Waals surface area contributed by atoms with Crippen molar-refractivity contribution in [3.63, 3.8) is 0 Å². The number of ether oxygens (including phenoxy) is 1. The first-order valence-corrected chi connectivity index (χ1v) is 15.6. The van der Waals surface area contributed by atoms with Gasteiger partial charge in [0, 0.05) is 36.9 Å². The molecule has 0 aliphatic carbocycles. The van der Waals surface area contributed by atoms with Crippen LogP contribution in [0.3, 0.4) is 0 Å². The van der Waals surface area contributed by atoms with Gasteiger partial charge in [-0.15, -0.1) is 11.3 Å². The molecule has 10 nitrogen and oxygen atoms in total. The van der Waals surface area contributed by atoms with Gasteiger partial charge in [-0.25, -0.2) is 18.6 Å². The number of halogens is 2. The third-order valence-corrected chi connectivity index (χ3v) is 10.2. The largest absolute Gasteiger partial charge is 0.481 e. The molecule has 238 valence electrons. The highest BCUT2D eigenvalue weighted by atomic mass is 32.1. The number of likely N-dealkylation sites (tertiary alicyclic amines) is 1. The molecule has 4 unspecified atom stereocenters. The average molecular weight is 632 g/mol. The summed E-state index contributed by atoms with van der Waals surface area (Å²) in [6.07, 6.45) is 0.364. The highest BCUT2D eigenvalue weighted by Crippen LogP contribution is 2.43. The lowest BCUT2D eigenvalue weighted by Crippen LogP contribution is -2.50. The van der Waals surface area contributed by atoms with Crippen molar-refractivity contribution in [3.05, 3.63) is 63.0 Å². The van der Waals surface area contributed by atoms with Gasteiger partial charge in [0.05, 0.1) is 36.3 Å². The molecular weight excluding hydrogens is 592 g/mol. The fourth-order valence-electron chi connectivity index (χ4n) is 5.94. The molecule has 3 aliphatic rings. The van der Waals surface area contributed by atoms with Crippen LogP contribution in [0.1, 0.15) is 56.8 Å². The van der Waals surface area contributed by atoms with E-state index in [9.17, 15) is 19.1 Å². The van der Waals surface area contributed by atoms with Crippen molar-refractivity contribution in [2.45, 2.75) is 65.8 Å². The number of carboxylic acid groups (broad SMARTS) is 1. The number of nitrogens with zero attached hydrogens (tertiary/aromatic N) is 4. The van der Waals surface area contributed by atoms with E-state index in [0.717, 1.165) is 0 Å². The first-order chi connectivity index (χ1) is 20.8. The molecule has 1 aromatic carbocycles. The van der Waals surface area contributed by atoms with Crippen LogP contribution in [0.5, 0.6) is 0 Å². The van der Waals surface area contributed by atoms with Crippen LogP contribution in [0, 0.1) is 23.6 Å². The quantitative estimate of drug-likeness (QED) is 0.371. The number of fused-ring (bicyclic) bond motifs is 1. The standard InChI is InChI=1S/C31H39F2N5O5S/c1-7-42-28(39)23-21(35-26(27-34-11-12-44-27)36-24(23)18-9-8-10-19(32)17(18)2)14-37-13-20(33)25-22(37)15-43-38(25)16-30(3,4)31(5,6)29(40)41/h8-12,20,22,24-25H,7,13-16H2,1-6H3,(H,35,36)(H,40,41). The summed E-state index contributed by atoms with van der Waals surface area (Å²) >= 11 is 1.36. The number of hydroxylamine groups is 2. The SMILES string of the molecule is CCOC(=O)C1=C(CN2CC(F)C3C2CON3CC(C)(C)C(C)(C)C(=O)O)NC(c2nccs2)=NC1c1cccc(F)c1C. The molecule has 0 bridgehead atoms. The lowest BCUT2D eigenvalue weighted by Gasteiger charge is -2.41. The van der Waals surface area contributed by atoms with E-state index in [1.807, 2.05) is 24.1 Å². The number of aromatic nitrogens is 1. The number of nitrogens with one attached hydrogen (secondary N) is 1. The molecule has 2 N–H and O–H groups in total. The zero-order valence-electron chi connectivity index (χ0n) is 25.8. The Labute approximate surface area is 259 Å². The number of amidine groups is 1. The smallest absolute Gasteiger partial charge is 0.338 e. The molecule has 0 radical (unpaired) electrons. The summed E-state index contributed by atoms with van der Waals surface area (Å²) in [6, 6.07) is 2.81. The maximum absolute atomic E-state index is 15.8. The molecular formula is C31H39F2N5O5S. The topological polar surface area (TPSA) is 117 Å². The van der Waals surface area contributed by atoms with E-state index in [1.165, 1.54) is 17.4 Å². The molecule has 0 saturated carbocycles. The van der Waals surface area contributed by atoms with Crippen molar-refractivity contribution in [2.24, 2.45) is 15.8 Å². The number of alkyl halides is 1. The number of hydrogen-bond donors (Lipinski definition) is 2. The first kappa shape index (κ1) is 32.1. The van der Waals surface area contributed by atoms with Crippen LogP contribution in [-0.4, -0.2) is 88.9 Å². The van der Waals surface area contributed by atoms with Crippen molar-refractivity contribution in [2.75, 3.05) is 32.8 Å². The summed E-state index contributed by atoms with van der Waals surface area (Å²) in [5, 5.41) is 17.1. The number of carbonyl (C=O) groups excluding carboxylic acids is 1. The normalized spacial score (nSPS) is 24.7. The number of esters is 1. The Morgan fingerprint density at radius 1 is 1.27 bits per heavy atom. The number of carbonyl (C=O) groups is 2. The van der Waals surface area contributed by atoms with Gasteiger partial charge >= 0.3 is 11.9 Å². The van der Waals surface area contributed by atoms with Gasteiger partial charge in [0.2, 0.25) is 0 Å². The predicted octanol–water partition coefficient (Wildman–Crippen LogP) is 4.27. The van der Waals surface area contributed by atoms with E-state index in [-0.39, 0.29) is 44.5 Å². The number of benzene rings is 1. The summed E-state index contributed by atoms with van der Waals surface area (Å²) in [7, 11) is 0. The van der Waals surface area contributed by atoms with Gasteiger partial charge in [-0.2, -0.15) is 5.06 Å². The van der Waals surface area contributed by atoms with Crippen LogP contribution in [0.15, 0.2) is 46.0 Å². The first-order valence-electron chi connectivity index (χ1n) is 14.7. The molecule has 0 spiro atoms. The maximum Gasteiger partial charge on any atom is 0.338 e. The Hall–Kier alpha value is -3.26. The van der Waals surface area contributed by atoms with E-state index in [1.54, 1.807) is 51.1 Å². The molecule has 4 atom stereocenters. The molecule has 4 heterocycles. The fourth-order valence-corrected chi connectivity index (χ4v) is 6.52. The number of aliphatic carboxylic acids is 1. The lowest BCUT2D eigenvalue weighted by molar-refractivity contribution is -0.181. The second-order valence-corrected chi connectivity index (χ2v) is 13.5. The van der Waals surface area contributed by atoms with Crippen LogP contribution < -0.4 is 5.32 Å². The second kappa shape index (κ2) is 12.3. The zero-order valence-corrected chi connectivity index (χ0v) is 26.6. The number of aliphatic imine (C=N–C) groups is 1. The molecule has 3 aliphatic heterocycles. The highest BCUT2D eigenvalue weighted by Gasteiger charge is 2.54. The van der Waals surface area contributed by atoms with Gasteiger partial charge in [-0.3, -0.25) is 19.5 Å². The number of rotatable bonds is 10. The van der Waals surface area contributed by atoms with Gasteiger partial charge < -0.3 is 15.2 Å². The third-order valence-electron chi connectivity index (χ3n) is 9.39. The van der Waals surface area contributed by atoms with Crippen molar-refractivity contribution in [1.29, 1.82) is 0 Å². The van der Waals surface area contributed by atoms with Gasteiger partial charge in [0.15, 0.2) is 10.8 Å². The maximum atomic E-state index is 15.8. The van der Waals surface area contributed by atoms with Crippen LogP contribution in [0.2, 0.25) is 0 Å². The monoisotopic (exact) mass is 631 g/mol. The van der Waals surface area contributed by atoms with E-state index in [2.05, 4.69) is 10.3 Å². The fraction of sp³-hybridized carbons (Fsp3) is 0.548. The number of carboxylic acids is 1. The number of thiazole rings is 1. The zero-order chi connectivity index (χ0) is 32.0. The van der Waals surface area contributed by atoms with E-state index < -0.39 is 46.8 Å². The van der Waals surface area contributed by atoms with Crippen LogP contribution >= 0.6 is 11.3 Å². The molecule has 13 heteroatoms. The molecule has 2 fully saturated rings. The summed E-state index contributed by atoms with van der Waals surface area (Å²) in [4.78, 5) is 42.7. The van der Waals surface area contributed by atoms with Crippen molar-refractivity contribution in [3.8, 4) is 0 Å². The summed E-state index contributed by atoms with van der Waals surface area (Å²) in [6.45, 7) is 11.1. The van der Waals surface area contributed by atoms with Gasteiger partial charge in [0.25, 0.3) is 0 Å². The molecule has 0 amide bonds. The van der Waals surface area contributed by atoms with Gasteiger partial charge in [-0.1, -0.05) is 26.0 Å². The summed E-state index contributed by atoms with van der Waals surface area (Å²) in [5.41, 5.74) is -0.252. The Kier molecular flexibility index (Phi) is 8.96. The summed E-state index contributed by atoms with van der Waals surface area (Å²) in [5.74, 6) is -1.53. The van der Waals surface area contributed by atoms with E-state index in [0.29, 0.717) is 27.7 Å². The van der Waals surface area contributed by atoms with Crippen molar-refractivity contribution in [1.82, 2.24) is 20.3 Å². The summed E-state index contributed by atoms with van der Waals surface area (Å²) < 4.78 is 36.0. The minimum absolute atomic E-state index is 0.0760. The number of hydrogen-bond acceptors (Lipinski definition) is 10. The van der Waals surface area contributed by atoms with Gasteiger partial charge in [-0.05, 0) is 50.3 Å². The van der Waals surface area contributed by atoms with E-state index >= 15 is 4.39 Å². The Balaban J connectivity index is 1.50. The van der Waals surface area contributed by atoms with Crippen molar-refractivity contribution >= 4 is 29.1 Å². The van der Waals surface area contributed by atoms with Crippen LogP contribution in [-0.2, 0) is 19.2 Å². The Morgan fingerprint density at radius 2 is 2.02 bits per heavy atom. The molecule has 2 aromatic rings. The second-order valence-electron chi connectivity index (χ2n) is 12.6. The van der Waals surface area contributed by atoms with Crippen LogP contribution in [0.4, 0.5) is 8.78 Å². The minimum atomic E-state index is -1.28. The highest BCUT2D eigenvalue weighted by molar-refractivity contribution is 7.11. The molecule has 1 aromatic heterocycles.